The molecule has 0 aliphatic rings. The van der Waals surface area contributed by atoms with E-state index in [4.69, 9.17) is 5.73 Å². The first-order chi connectivity index (χ1) is 7.33. The zero-order chi connectivity index (χ0) is 10.7. The highest BCUT2D eigenvalue weighted by molar-refractivity contribution is 7.15. The number of fused-ring (bicyclic) bond motifs is 1. The van der Waals surface area contributed by atoms with Crippen LogP contribution in [0.5, 0.6) is 0 Å². The molecule has 2 aromatic heterocycles. The zero-order valence-electron chi connectivity index (χ0n) is 9.02. The van der Waals surface area contributed by atoms with Crippen molar-refractivity contribution < 1.29 is 0 Å². The van der Waals surface area contributed by atoms with Crippen LogP contribution in [0.25, 0.3) is 4.96 Å². The molecular formula is C11H17N3S. The number of nitrogens with two attached hydrogens (primary N) is 1. The van der Waals surface area contributed by atoms with Crippen LogP contribution in [0.15, 0.2) is 17.8 Å². The SMILES string of the molecule is CCCC(CN)Cc1cn2ccsc2n1. The van der Waals surface area contributed by atoms with Gasteiger partial charge in [-0.2, -0.15) is 0 Å². The van der Waals surface area contributed by atoms with Crippen molar-refractivity contribution in [1.82, 2.24) is 9.38 Å². The molecule has 1 unspecified atom stereocenters. The van der Waals surface area contributed by atoms with E-state index in [2.05, 4.69) is 27.9 Å². The first kappa shape index (κ1) is 10.6. The summed E-state index contributed by atoms with van der Waals surface area (Å²) in [6.45, 7) is 2.97. The van der Waals surface area contributed by atoms with Gasteiger partial charge >= 0.3 is 0 Å². The van der Waals surface area contributed by atoms with Crippen LogP contribution < -0.4 is 5.73 Å². The average molecular weight is 223 g/mol. The van der Waals surface area contributed by atoms with Crippen molar-refractivity contribution in [1.29, 1.82) is 0 Å². The largest absolute Gasteiger partial charge is 0.330 e. The molecule has 0 spiro atoms. The number of imidazole rings is 1. The van der Waals surface area contributed by atoms with Crippen molar-refractivity contribution in [2.75, 3.05) is 6.54 Å². The fourth-order valence-electron chi connectivity index (χ4n) is 1.88. The van der Waals surface area contributed by atoms with E-state index in [0.717, 1.165) is 17.9 Å². The molecule has 1 atom stereocenters. The number of nitrogens with zero attached hydrogens (tertiary/aromatic N) is 2. The van der Waals surface area contributed by atoms with Crippen LogP contribution in [0.4, 0.5) is 0 Å². The lowest BCUT2D eigenvalue weighted by Crippen LogP contribution is -2.16. The van der Waals surface area contributed by atoms with Gasteiger partial charge in [-0.1, -0.05) is 13.3 Å². The molecule has 0 saturated heterocycles. The summed E-state index contributed by atoms with van der Waals surface area (Å²) >= 11 is 1.68. The van der Waals surface area contributed by atoms with Crippen molar-refractivity contribution in [2.45, 2.75) is 26.2 Å². The predicted octanol–water partition coefficient (Wildman–Crippen LogP) is 2.31. The molecule has 3 nitrogen and oxygen atoms in total. The van der Waals surface area contributed by atoms with Crippen LogP contribution >= 0.6 is 11.3 Å². The van der Waals surface area contributed by atoms with E-state index in [1.807, 2.05) is 6.20 Å². The fourth-order valence-corrected chi connectivity index (χ4v) is 2.60. The van der Waals surface area contributed by atoms with Gasteiger partial charge in [-0.25, -0.2) is 4.98 Å². The molecular weight excluding hydrogens is 206 g/mol. The number of hydrogen-bond acceptors (Lipinski definition) is 3. The van der Waals surface area contributed by atoms with Crippen LogP contribution in [0.2, 0.25) is 0 Å². The van der Waals surface area contributed by atoms with Gasteiger partial charge in [0, 0.05) is 17.8 Å². The quantitative estimate of drug-likeness (QED) is 0.845. The summed E-state index contributed by atoms with van der Waals surface area (Å²) < 4.78 is 2.08. The number of rotatable bonds is 5. The van der Waals surface area contributed by atoms with Gasteiger partial charge < -0.3 is 5.73 Å². The third kappa shape index (κ3) is 2.38. The Hall–Kier alpha value is -0.870. The summed E-state index contributed by atoms with van der Waals surface area (Å²) in [5.41, 5.74) is 6.92. The Labute approximate surface area is 93.9 Å². The first-order valence-electron chi connectivity index (χ1n) is 5.44. The van der Waals surface area contributed by atoms with E-state index in [-0.39, 0.29) is 0 Å². The summed E-state index contributed by atoms with van der Waals surface area (Å²) in [6.07, 6.45) is 7.57. The van der Waals surface area contributed by atoms with Gasteiger partial charge in [0.2, 0.25) is 0 Å². The van der Waals surface area contributed by atoms with E-state index in [1.165, 1.54) is 18.5 Å². The first-order valence-corrected chi connectivity index (χ1v) is 6.32. The Morgan fingerprint density at radius 2 is 2.47 bits per heavy atom. The average Bonchev–Trinajstić information content (AvgIpc) is 2.77. The summed E-state index contributed by atoms with van der Waals surface area (Å²) in [5, 5.41) is 2.05. The van der Waals surface area contributed by atoms with Crippen LogP contribution in [-0.2, 0) is 6.42 Å². The van der Waals surface area contributed by atoms with Gasteiger partial charge in [0.1, 0.15) is 0 Å². The van der Waals surface area contributed by atoms with Crippen molar-refractivity contribution >= 4 is 16.3 Å². The minimum Gasteiger partial charge on any atom is -0.330 e. The molecule has 82 valence electrons. The van der Waals surface area contributed by atoms with Gasteiger partial charge in [0.25, 0.3) is 0 Å². The van der Waals surface area contributed by atoms with Crippen molar-refractivity contribution in [3.05, 3.63) is 23.5 Å². The maximum absolute atomic E-state index is 5.74. The molecule has 0 bridgehead atoms. The molecule has 0 aliphatic heterocycles. The second-order valence-electron chi connectivity index (χ2n) is 3.92. The monoisotopic (exact) mass is 223 g/mol. The number of thiazole rings is 1. The fraction of sp³-hybridized carbons (Fsp3) is 0.545. The van der Waals surface area contributed by atoms with Crippen LogP contribution in [0, 0.1) is 5.92 Å². The Bertz CT molecular complexity index is 390. The molecule has 0 amide bonds. The molecule has 0 radical (unpaired) electrons. The highest BCUT2D eigenvalue weighted by Crippen LogP contribution is 2.16. The summed E-state index contributed by atoms with van der Waals surface area (Å²) in [7, 11) is 0. The number of aromatic nitrogens is 2. The molecule has 0 fully saturated rings. The van der Waals surface area contributed by atoms with Gasteiger partial charge in [-0.05, 0) is 25.3 Å². The molecule has 2 N–H and O–H groups in total. The maximum Gasteiger partial charge on any atom is 0.193 e. The van der Waals surface area contributed by atoms with E-state index in [9.17, 15) is 0 Å². The Morgan fingerprint density at radius 3 is 3.13 bits per heavy atom. The highest BCUT2D eigenvalue weighted by atomic mass is 32.1. The lowest BCUT2D eigenvalue weighted by molar-refractivity contribution is 0.483. The van der Waals surface area contributed by atoms with E-state index < -0.39 is 0 Å². The molecule has 0 aliphatic carbocycles. The molecule has 0 aromatic carbocycles. The molecule has 0 saturated carbocycles. The van der Waals surface area contributed by atoms with Gasteiger partial charge in [-0.15, -0.1) is 11.3 Å². The minimum absolute atomic E-state index is 0.583. The standard InChI is InChI=1S/C11H17N3S/c1-2-3-9(7-12)6-10-8-14-4-5-15-11(14)13-10/h4-5,8-9H,2-3,6-7,12H2,1H3. The molecule has 2 heterocycles. The Balaban J connectivity index is 2.07. The molecule has 4 heteroatoms. The Morgan fingerprint density at radius 1 is 1.60 bits per heavy atom. The highest BCUT2D eigenvalue weighted by Gasteiger charge is 2.09. The van der Waals surface area contributed by atoms with Gasteiger partial charge in [0.05, 0.1) is 5.69 Å². The number of hydrogen-bond donors (Lipinski definition) is 1. The summed E-state index contributed by atoms with van der Waals surface area (Å²) in [6, 6.07) is 0. The molecule has 15 heavy (non-hydrogen) atoms. The third-order valence-corrected chi connectivity index (χ3v) is 3.44. The maximum atomic E-state index is 5.74. The van der Waals surface area contributed by atoms with Gasteiger partial charge in [-0.3, -0.25) is 4.40 Å². The van der Waals surface area contributed by atoms with Crippen LogP contribution in [-0.4, -0.2) is 15.9 Å². The van der Waals surface area contributed by atoms with Crippen LogP contribution in [0.3, 0.4) is 0 Å². The minimum atomic E-state index is 0.583. The Kier molecular flexibility index (Phi) is 3.38. The van der Waals surface area contributed by atoms with E-state index in [1.54, 1.807) is 11.3 Å². The third-order valence-electron chi connectivity index (χ3n) is 2.67. The molecule has 2 rings (SSSR count). The van der Waals surface area contributed by atoms with Crippen molar-refractivity contribution in [2.24, 2.45) is 11.7 Å². The van der Waals surface area contributed by atoms with Crippen molar-refractivity contribution in [3.8, 4) is 0 Å². The van der Waals surface area contributed by atoms with E-state index >= 15 is 0 Å². The topological polar surface area (TPSA) is 43.3 Å². The lowest BCUT2D eigenvalue weighted by atomic mass is 9.99. The van der Waals surface area contributed by atoms with Crippen molar-refractivity contribution in [3.63, 3.8) is 0 Å². The molecule has 2 aromatic rings. The predicted molar refractivity (Wildman–Crippen MR) is 64.2 cm³/mol. The van der Waals surface area contributed by atoms with E-state index in [0.29, 0.717) is 5.92 Å². The van der Waals surface area contributed by atoms with Crippen LogP contribution in [0.1, 0.15) is 25.5 Å². The van der Waals surface area contributed by atoms with Gasteiger partial charge in [0.15, 0.2) is 4.96 Å². The summed E-state index contributed by atoms with van der Waals surface area (Å²) in [4.78, 5) is 5.65. The summed E-state index contributed by atoms with van der Waals surface area (Å²) in [5.74, 6) is 0.583. The zero-order valence-corrected chi connectivity index (χ0v) is 9.83. The normalized spacial score (nSPS) is 13.5. The smallest absolute Gasteiger partial charge is 0.193 e. The second kappa shape index (κ2) is 4.77. The second-order valence-corrected chi connectivity index (χ2v) is 4.79. The lowest BCUT2D eigenvalue weighted by Gasteiger charge is -2.10.